The van der Waals surface area contributed by atoms with Crippen LogP contribution in [0.3, 0.4) is 0 Å². The lowest BCUT2D eigenvalue weighted by atomic mass is 9.87. The summed E-state index contributed by atoms with van der Waals surface area (Å²) in [6, 6.07) is 8.64. The number of anilines is 1. The van der Waals surface area contributed by atoms with Gasteiger partial charge in [-0.25, -0.2) is 0 Å². The van der Waals surface area contributed by atoms with Crippen LogP contribution < -0.4 is 5.32 Å². The van der Waals surface area contributed by atoms with Crippen LogP contribution in [0, 0.1) is 0 Å². The highest BCUT2D eigenvalue weighted by atomic mass is 32.2. The number of hydrogen-bond acceptors (Lipinski definition) is 6. The molecule has 0 bridgehead atoms. The summed E-state index contributed by atoms with van der Waals surface area (Å²) < 4.78 is 0.803. The van der Waals surface area contributed by atoms with Crippen molar-refractivity contribution < 1.29 is 4.79 Å². The van der Waals surface area contributed by atoms with Crippen molar-refractivity contribution >= 4 is 34.1 Å². The van der Waals surface area contributed by atoms with E-state index in [2.05, 4.69) is 46.4 Å². The van der Waals surface area contributed by atoms with Crippen molar-refractivity contribution in [2.24, 2.45) is 0 Å². The van der Waals surface area contributed by atoms with E-state index >= 15 is 0 Å². The number of thioether (sulfide) groups is 1. The number of carbonyl (C=O) groups excluding carboxylic acids is 1. The van der Waals surface area contributed by atoms with Gasteiger partial charge in [0, 0.05) is 13.6 Å². The Morgan fingerprint density at radius 1 is 1.48 bits per heavy atom. The molecule has 1 heterocycles. The fourth-order valence-electron chi connectivity index (χ4n) is 3.03. The van der Waals surface area contributed by atoms with Crippen LogP contribution >= 0.6 is 23.1 Å². The van der Waals surface area contributed by atoms with Gasteiger partial charge < -0.3 is 10.2 Å². The second-order valence-corrected chi connectivity index (χ2v) is 8.14. The average Bonchev–Trinajstić information content (AvgIpc) is 3.11. The molecule has 0 saturated carbocycles. The minimum absolute atomic E-state index is 0.127. The maximum atomic E-state index is 12.6. The average molecular weight is 375 g/mol. The first kappa shape index (κ1) is 17.9. The number of hydrogen-bond donors (Lipinski definition) is 1. The lowest BCUT2D eigenvalue weighted by Crippen LogP contribution is -2.34. The van der Waals surface area contributed by atoms with Crippen LogP contribution in [0.25, 0.3) is 0 Å². The smallest absolute Gasteiger partial charge is 0.233 e. The number of fused-ring (bicyclic) bond motifs is 1. The number of rotatable bonds is 7. The van der Waals surface area contributed by atoms with E-state index in [-0.39, 0.29) is 11.9 Å². The van der Waals surface area contributed by atoms with Crippen molar-refractivity contribution in [1.29, 1.82) is 0 Å². The zero-order valence-electron chi connectivity index (χ0n) is 14.3. The number of nitrogens with one attached hydrogen (secondary N) is 1. The third-order valence-corrected chi connectivity index (χ3v) is 6.32. The van der Waals surface area contributed by atoms with Crippen molar-refractivity contribution in [2.75, 3.05) is 24.7 Å². The van der Waals surface area contributed by atoms with Gasteiger partial charge >= 0.3 is 0 Å². The molecule has 1 aliphatic rings. The molecular formula is C18H22N4OS2. The van der Waals surface area contributed by atoms with Gasteiger partial charge in [-0.1, -0.05) is 53.4 Å². The van der Waals surface area contributed by atoms with Crippen molar-refractivity contribution in [2.45, 2.75) is 29.6 Å². The molecule has 0 spiro atoms. The third-order valence-electron chi connectivity index (χ3n) is 4.32. The third kappa shape index (κ3) is 4.41. The van der Waals surface area contributed by atoms with Crippen LogP contribution in [0.1, 0.15) is 30.0 Å². The lowest BCUT2D eigenvalue weighted by Gasteiger charge is -2.33. The molecule has 0 radical (unpaired) electrons. The largest absolute Gasteiger partial charge is 0.357 e. The van der Waals surface area contributed by atoms with E-state index < -0.39 is 0 Å². The molecule has 1 aromatic heterocycles. The van der Waals surface area contributed by atoms with E-state index in [1.807, 2.05) is 11.9 Å². The van der Waals surface area contributed by atoms with Crippen LogP contribution in [0.4, 0.5) is 5.13 Å². The fourth-order valence-corrected chi connectivity index (χ4v) is 4.71. The molecule has 132 valence electrons. The van der Waals surface area contributed by atoms with Gasteiger partial charge in [0.05, 0.1) is 11.8 Å². The van der Waals surface area contributed by atoms with Crippen LogP contribution in [0.2, 0.25) is 0 Å². The van der Waals surface area contributed by atoms with Gasteiger partial charge in [-0.3, -0.25) is 4.79 Å². The van der Waals surface area contributed by atoms with Crippen LogP contribution in [-0.2, 0) is 11.2 Å². The number of benzene rings is 1. The van der Waals surface area contributed by atoms with E-state index in [9.17, 15) is 4.79 Å². The first-order valence-electron chi connectivity index (χ1n) is 8.33. The minimum Gasteiger partial charge on any atom is -0.357 e. The second kappa shape index (κ2) is 8.49. The molecular weight excluding hydrogens is 352 g/mol. The summed E-state index contributed by atoms with van der Waals surface area (Å²) in [6.45, 7) is 4.32. The van der Waals surface area contributed by atoms with Gasteiger partial charge in [-0.15, -0.1) is 16.8 Å². The predicted molar refractivity (Wildman–Crippen MR) is 104 cm³/mol. The monoisotopic (exact) mass is 374 g/mol. The van der Waals surface area contributed by atoms with Crippen LogP contribution in [0.15, 0.2) is 41.3 Å². The summed E-state index contributed by atoms with van der Waals surface area (Å²) >= 11 is 2.91. The molecule has 0 saturated heterocycles. The molecule has 3 rings (SSSR count). The highest BCUT2D eigenvalue weighted by molar-refractivity contribution is 8.01. The minimum atomic E-state index is 0.127. The van der Waals surface area contributed by atoms with Crippen LogP contribution in [-0.4, -0.2) is 40.3 Å². The number of aryl methyl sites for hydroxylation is 1. The first-order valence-corrected chi connectivity index (χ1v) is 10.1. The summed E-state index contributed by atoms with van der Waals surface area (Å²) in [5.41, 5.74) is 2.66. The highest BCUT2D eigenvalue weighted by Gasteiger charge is 2.26. The molecule has 1 aliphatic carbocycles. The molecule has 0 fully saturated rings. The Morgan fingerprint density at radius 2 is 2.32 bits per heavy atom. The molecule has 1 atom stereocenters. The molecule has 25 heavy (non-hydrogen) atoms. The van der Waals surface area contributed by atoms with E-state index in [1.165, 1.54) is 34.2 Å². The van der Waals surface area contributed by atoms with Gasteiger partial charge in [0.25, 0.3) is 0 Å². The number of nitrogens with zero attached hydrogens (tertiary/aromatic N) is 3. The van der Waals surface area contributed by atoms with E-state index in [1.54, 1.807) is 6.08 Å². The van der Waals surface area contributed by atoms with Crippen molar-refractivity contribution in [3.8, 4) is 0 Å². The summed E-state index contributed by atoms with van der Waals surface area (Å²) in [4.78, 5) is 14.5. The van der Waals surface area contributed by atoms with E-state index in [0.29, 0.717) is 12.3 Å². The maximum Gasteiger partial charge on any atom is 0.233 e. The molecule has 1 aromatic carbocycles. The quantitative estimate of drug-likeness (QED) is 0.591. The summed E-state index contributed by atoms with van der Waals surface area (Å²) in [7, 11) is 1.91. The molecule has 2 aromatic rings. The number of amides is 1. The highest BCUT2D eigenvalue weighted by Crippen LogP contribution is 2.34. The molecule has 7 heteroatoms. The maximum absolute atomic E-state index is 12.6. The summed E-state index contributed by atoms with van der Waals surface area (Å²) in [5, 5.41) is 12.0. The standard InChI is InChI=1S/C18H22N4OS2/c1-3-11-19-17-20-21-18(25-17)24-12-16(23)22(2)15-10-6-8-13-7-4-5-9-14(13)15/h3-5,7,9,15H,1,6,8,10-12H2,2H3,(H,19,20). The van der Waals surface area contributed by atoms with Gasteiger partial charge in [-0.2, -0.15) is 0 Å². The number of carbonyl (C=O) groups is 1. The van der Waals surface area contributed by atoms with E-state index in [0.717, 1.165) is 28.7 Å². The Morgan fingerprint density at radius 3 is 3.16 bits per heavy atom. The Balaban J connectivity index is 1.58. The lowest BCUT2D eigenvalue weighted by molar-refractivity contribution is -0.129. The molecule has 1 N–H and O–H groups in total. The van der Waals surface area contributed by atoms with Crippen LogP contribution in [0.5, 0.6) is 0 Å². The van der Waals surface area contributed by atoms with E-state index in [4.69, 9.17) is 0 Å². The topological polar surface area (TPSA) is 58.1 Å². The van der Waals surface area contributed by atoms with Gasteiger partial charge in [0.15, 0.2) is 4.34 Å². The molecule has 5 nitrogen and oxygen atoms in total. The molecule has 1 amide bonds. The SMILES string of the molecule is C=CCNc1nnc(SCC(=O)N(C)C2CCCc3ccccc32)s1. The Hall–Kier alpha value is -1.86. The van der Waals surface area contributed by atoms with Gasteiger partial charge in [0.1, 0.15) is 0 Å². The van der Waals surface area contributed by atoms with Crippen molar-refractivity contribution in [1.82, 2.24) is 15.1 Å². The normalized spacial score (nSPS) is 16.1. The first-order chi connectivity index (χ1) is 12.2. The zero-order valence-corrected chi connectivity index (χ0v) is 15.9. The Labute approximate surface area is 156 Å². The van der Waals surface area contributed by atoms with Gasteiger partial charge in [-0.05, 0) is 30.4 Å². The fraction of sp³-hybridized carbons (Fsp3) is 0.389. The Kier molecular flexibility index (Phi) is 6.09. The zero-order chi connectivity index (χ0) is 17.6. The van der Waals surface area contributed by atoms with Crippen molar-refractivity contribution in [3.05, 3.63) is 48.0 Å². The molecule has 1 unspecified atom stereocenters. The number of aromatic nitrogens is 2. The molecule has 0 aliphatic heterocycles. The predicted octanol–water partition coefficient (Wildman–Crippen LogP) is 3.76. The van der Waals surface area contributed by atoms with Crippen molar-refractivity contribution in [3.63, 3.8) is 0 Å². The second-order valence-electron chi connectivity index (χ2n) is 5.94. The Bertz CT molecular complexity index is 746. The summed E-state index contributed by atoms with van der Waals surface area (Å²) in [5.74, 6) is 0.508. The summed E-state index contributed by atoms with van der Waals surface area (Å²) in [6.07, 6.45) is 5.03. The van der Waals surface area contributed by atoms with Gasteiger partial charge in [0.2, 0.25) is 11.0 Å².